The van der Waals surface area contributed by atoms with E-state index >= 15 is 0 Å². The van der Waals surface area contributed by atoms with Crippen LogP contribution in [0.2, 0.25) is 0 Å². The zero-order valence-electron chi connectivity index (χ0n) is 16.1. The highest BCUT2D eigenvalue weighted by Crippen LogP contribution is 2.24. The molecule has 27 heavy (non-hydrogen) atoms. The topological polar surface area (TPSA) is 107 Å². The van der Waals surface area contributed by atoms with Crippen LogP contribution in [0.1, 0.15) is 33.5 Å². The Morgan fingerprint density at radius 2 is 2.15 bits per heavy atom. The summed E-state index contributed by atoms with van der Waals surface area (Å²) in [6.45, 7) is 8.65. The number of rotatable bonds is 4. The lowest BCUT2D eigenvalue weighted by molar-refractivity contribution is -0.145. The minimum Gasteiger partial charge on any atom is -0.332 e. The van der Waals surface area contributed by atoms with Crippen molar-refractivity contribution in [3.63, 3.8) is 0 Å². The standard InChI is InChI=1S/C18H25N7O2/c1-12(2)25-15(26)10-24(11-18(25,3)4)17(27)20-9-14-21-16(23-22-14)13-7-5-6-8-19-13/h5-8,12H,9-11H2,1-4H3,(H,20,27)(H,21,22,23). The van der Waals surface area contributed by atoms with Crippen LogP contribution in [0, 0.1) is 0 Å². The smallest absolute Gasteiger partial charge is 0.318 e. The van der Waals surface area contributed by atoms with E-state index in [1.54, 1.807) is 6.20 Å². The summed E-state index contributed by atoms with van der Waals surface area (Å²) in [5.74, 6) is 0.950. The summed E-state index contributed by atoms with van der Waals surface area (Å²) in [5, 5.41) is 9.72. The Morgan fingerprint density at radius 1 is 1.37 bits per heavy atom. The fourth-order valence-corrected chi connectivity index (χ4v) is 3.56. The Bertz CT molecular complexity index is 816. The number of carbonyl (C=O) groups is 2. The highest BCUT2D eigenvalue weighted by atomic mass is 16.2. The summed E-state index contributed by atoms with van der Waals surface area (Å²) < 4.78 is 0. The fraction of sp³-hybridized carbons (Fsp3) is 0.500. The van der Waals surface area contributed by atoms with E-state index in [2.05, 4.69) is 25.5 Å². The number of pyridine rings is 1. The average Bonchev–Trinajstić information content (AvgIpc) is 3.07. The van der Waals surface area contributed by atoms with Gasteiger partial charge in [0.05, 0.1) is 12.1 Å². The first-order valence-electron chi connectivity index (χ1n) is 8.95. The van der Waals surface area contributed by atoms with E-state index in [4.69, 9.17) is 0 Å². The van der Waals surface area contributed by atoms with E-state index < -0.39 is 5.54 Å². The molecule has 3 rings (SSSR count). The summed E-state index contributed by atoms with van der Waals surface area (Å²) in [6.07, 6.45) is 1.67. The summed E-state index contributed by atoms with van der Waals surface area (Å²) in [4.78, 5) is 36.9. The average molecular weight is 371 g/mol. The lowest BCUT2D eigenvalue weighted by Gasteiger charge is -2.48. The molecule has 0 atom stereocenters. The quantitative estimate of drug-likeness (QED) is 0.845. The van der Waals surface area contributed by atoms with Gasteiger partial charge < -0.3 is 15.1 Å². The summed E-state index contributed by atoms with van der Waals surface area (Å²) in [7, 11) is 0. The molecule has 0 unspecified atom stereocenters. The molecule has 0 spiro atoms. The number of nitrogens with one attached hydrogen (secondary N) is 2. The minimum absolute atomic E-state index is 0.0477. The molecule has 3 heterocycles. The summed E-state index contributed by atoms with van der Waals surface area (Å²) >= 11 is 0. The van der Waals surface area contributed by atoms with Crippen LogP contribution in [0.3, 0.4) is 0 Å². The molecule has 1 aliphatic heterocycles. The molecule has 9 nitrogen and oxygen atoms in total. The second kappa shape index (κ2) is 7.34. The molecule has 1 saturated heterocycles. The zero-order valence-corrected chi connectivity index (χ0v) is 16.1. The van der Waals surface area contributed by atoms with Crippen LogP contribution in [0.5, 0.6) is 0 Å². The van der Waals surface area contributed by atoms with Crippen LogP contribution in [0.25, 0.3) is 11.5 Å². The first-order valence-corrected chi connectivity index (χ1v) is 8.95. The van der Waals surface area contributed by atoms with Crippen molar-refractivity contribution in [2.24, 2.45) is 0 Å². The number of aromatic amines is 1. The van der Waals surface area contributed by atoms with Gasteiger partial charge in [-0.3, -0.25) is 14.9 Å². The van der Waals surface area contributed by atoms with Crippen molar-refractivity contribution in [2.75, 3.05) is 13.1 Å². The Hall–Kier alpha value is -2.97. The van der Waals surface area contributed by atoms with Crippen LogP contribution in [-0.4, -0.2) is 66.6 Å². The van der Waals surface area contributed by atoms with Gasteiger partial charge in [0.15, 0.2) is 5.82 Å². The monoisotopic (exact) mass is 371 g/mol. The largest absolute Gasteiger partial charge is 0.332 e. The highest BCUT2D eigenvalue weighted by Gasteiger charge is 2.41. The molecular formula is C18H25N7O2. The van der Waals surface area contributed by atoms with Crippen LogP contribution < -0.4 is 5.32 Å². The predicted molar refractivity (Wildman–Crippen MR) is 99.5 cm³/mol. The van der Waals surface area contributed by atoms with Crippen LogP contribution in [0.4, 0.5) is 4.79 Å². The van der Waals surface area contributed by atoms with Crippen molar-refractivity contribution in [3.05, 3.63) is 30.2 Å². The Labute approximate surface area is 158 Å². The normalized spacial score (nSPS) is 16.7. The molecule has 0 aromatic carbocycles. The van der Waals surface area contributed by atoms with E-state index in [1.807, 2.05) is 50.8 Å². The van der Waals surface area contributed by atoms with Crippen molar-refractivity contribution in [3.8, 4) is 11.5 Å². The van der Waals surface area contributed by atoms with Gasteiger partial charge in [-0.1, -0.05) is 6.07 Å². The molecule has 3 amide bonds. The number of nitrogens with zero attached hydrogens (tertiary/aromatic N) is 5. The van der Waals surface area contributed by atoms with E-state index in [0.717, 1.165) is 0 Å². The number of urea groups is 1. The molecule has 2 aromatic rings. The van der Waals surface area contributed by atoms with Crippen molar-refractivity contribution >= 4 is 11.9 Å². The molecule has 144 valence electrons. The van der Waals surface area contributed by atoms with Crippen molar-refractivity contribution in [1.82, 2.24) is 35.3 Å². The molecule has 0 aliphatic carbocycles. The van der Waals surface area contributed by atoms with E-state index in [9.17, 15) is 9.59 Å². The molecule has 2 aromatic heterocycles. The lowest BCUT2D eigenvalue weighted by atomic mass is 9.96. The molecule has 1 fully saturated rings. The Kier molecular flexibility index (Phi) is 5.11. The maximum atomic E-state index is 12.5. The van der Waals surface area contributed by atoms with Crippen molar-refractivity contribution < 1.29 is 9.59 Å². The van der Waals surface area contributed by atoms with Gasteiger partial charge in [-0.05, 0) is 39.8 Å². The van der Waals surface area contributed by atoms with E-state index in [1.165, 1.54) is 4.90 Å². The molecule has 0 bridgehead atoms. The van der Waals surface area contributed by atoms with Crippen LogP contribution in [-0.2, 0) is 11.3 Å². The Balaban J connectivity index is 1.60. The number of piperazine rings is 1. The third-order valence-corrected chi connectivity index (χ3v) is 4.46. The SMILES string of the molecule is CC(C)N1C(=O)CN(C(=O)NCc2nc(-c3ccccn3)n[nH]2)CC1(C)C. The molecule has 9 heteroatoms. The number of H-pyrrole nitrogens is 1. The molecule has 2 N–H and O–H groups in total. The van der Waals surface area contributed by atoms with Gasteiger partial charge >= 0.3 is 6.03 Å². The van der Waals surface area contributed by atoms with Crippen LogP contribution in [0.15, 0.2) is 24.4 Å². The predicted octanol–water partition coefficient (Wildman–Crippen LogP) is 1.41. The van der Waals surface area contributed by atoms with Gasteiger partial charge in [-0.15, -0.1) is 0 Å². The number of hydrogen-bond acceptors (Lipinski definition) is 5. The number of carbonyl (C=O) groups excluding carboxylic acids is 2. The van der Waals surface area contributed by atoms with Gasteiger partial charge in [0, 0.05) is 18.8 Å². The van der Waals surface area contributed by atoms with Gasteiger partial charge in [-0.2, -0.15) is 5.10 Å². The second-order valence-electron chi connectivity index (χ2n) is 7.51. The van der Waals surface area contributed by atoms with E-state index in [-0.39, 0.29) is 31.1 Å². The molecular weight excluding hydrogens is 346 g/mol. The Morgan fingerprint density at radius 3 is 2.78 bits per heavy atom. The van der Waals surface area contributed by atoms with Crippen molar-refractivity contribution in [1.29, 1.82) is 0 Å². The van der Waals surface area contributed by atoms with Gasteiger partial charge in [0.25, 0.3) is 0 Å². The number of hydrogen-bond donors (Lipinski definition) is 2. The lowest BCUT2D eigenvalue weighted by Crippen LogP contribution is -2.65. The van der Waals surface area contributed by atoms with Crippen LogP contribution >= 0.6 is 0 Å². The summed E-state index contributed by atoms with van der Waals surface area (Å²) in [5.41, 5.74) is 0.239. The first-order chi connectivity index (χ1) is 12.8. The van der Waals surface area contributed by atoms with Gasteiger partial charge in [0.1, 0.15) is 18.1 Å². The molecule has 0 saturated carbocycles. The first kappa shape index (κ1) is 18.8. The summed E-state index contributed by atoms with van der Waals surface area (Å²) in [6, 6.07) is 5.29. The maximum absolute atomic E-state index is 12.5. The fourth-order valence-electron chi connectivity index (χ4n) is 3.56. The number of aromatic nitrogens is 4. The van der Waals surface area contributed by atoms with Gasteiger partial charge in [0.2, 0.25) is 5.91 Å². The second-order valence-corrected chi connectivity index (χ2v) is 7.51. The number of amides is 3. The third-order valence-electron chi connectivity index (χ3n) is 4.46. The highest BCUT2D eigenvalue weighted by molar-refractivity contribution is 5.86. The minimum atomic E-state index is -0.417. The zero-order chi connectivity index (χ0) is 19.6. The maximum Gasteiger partial charge on any atom is 0.318 e. The molecule has 0 radical (unpaired) electrons. The molecule has 1 aliphatic rings. The third kappa shape index (κ3) is 4.07. The van der Waals surface area contributed by atoms with Gasteiger partial charge in [-0.25, -0.2) is 9.78 Å². The van der Waals surface area contributed by atoms with E-state index in [0.29, 0.717) is 23.9 Å². The van der Waals surface area contributed by atoms with Crippen molar-refractivity contribution in [2.45, 2.75) is 45.8 Å².